The van der Waals surface area contributed by atoms with Crippen LogP contribution in [0.4, 0.5) is 18.9 Å². The van der Waals surface area contributed by atoms with Crippen LogP contribution < -0.4 is 5.32 Å². The minimum atomic E-state index is -1.53. The number of anilines is 1. The van der Waals surface area contributed by atoms with Crippen molar-refractivity contribution >= 4 is 11.7 Å². The van der Waals surface area contributed by atoms with Gasteiger partial charge in [0.25, 0.3) is 0 Å². The molecule has 106 valence electrons. The molecule has 1 heterocycles. The first-order valence-corrected chi connectivity index (χ1v) is 5.56. The molecule has 0 aliphatic carbocycles. The minimum absolute atomic E-state index is 0.0111. The number of furan rings is 1. The van der Waals surface area contributed by atoms with E-state index in [0.29, 0.717) is 5.56 Å². The van der Waals surface area contributed by atoms with E-state index in [9.17, 15) is 18.0 Å². The second-order valence-corrected chi connectivity index (χ2v) is 3.87. The maximum atomic E-state index is 13.0. The fraction of sp³-hybridized carbons (Fsp3) is 0.154. The van der Waals surface area contributed by atoms with Crippen LogP contribution >= 0.6 is 0 Å². The molecule has 0 spiro atoms. The van der Waals surface area contributed by atoms with Gasteiger partial charge in [0.2, 0.25) is 5.76 Å². The molecule has 1 aromatic heterocycles. The van der Waals surface area contributed by atoms with Gasteiger partial charge in [-0.25, -0.2) is 18.0 Å². The van der Waals surface area contributed by atoms with Crippen LogP contribution in [0.25, 0.3) is 0 Å². The number of nitrogens with one attached hydrogen (secondary N) is 1. The highest BCUT2D eigenvalue weighted by molar-refractivity contribution is 5.87. The van der Waals surface area contributed by atoms with Crippen LogP contribution in [0.5, 0.6) is 0 Å². The third kappa shape index (κ3) is 2.76. The van der Waals surface area contributed by atoms with Gasteiger partial charge in [0, 0.05) is 29.9 Å². The second-order valence-electron chi connectivity index (χ2n) is 3.87. The molecule has 4 nitrogen and oxygen atoms in total. The Morgan fingerprint density at radius 2 is 1.95 bits per heavy atom. The lowest BCUT2D eigenvalue weighted by Crippen LogP contribution is -2.07. The fourth-order valence-corrected chi connectivity index (χ4v) is 1.60. The lowest BCUT2D eigenvalue weighted by molar-refractivity contribution is 0.0563. The van der Waals surface area contributed by atoms with Gasteiger partial charge < -0.3 is 14.5 Å². The molecule has 1 aromatic carbocycles. The van der Waals surface area contributed by atoms with Crippen molar-refractivity contribution in [3.8, 4) is 0 Å². The zero-order valence-electron chi connectivity index (χ0n) is 10.4. The average Bonchev–Trinajstić information content (AvgIpc) is 2.89. The molecule has 0 aliphatic rings. The van der Waals surface area contributed by atoms with Crippen LogP contribution in [0, 0.1) is 17.5 Å². The molecule has 0 unspecified atom stereocenters. The Bertz CT molecular complexity index is 617. The van der Waals surface area contributed by atoms with E-state index in [4.69, 9.17) is 4.42 Å². The van der Waals surface area contributed by atoms with Crippen molar-refractivity contribution in [2.45, 2.75) is 6.54 Å². The number of methoxy groups -OCH3 is 1. The second kappa shape index (κ2) is 5.68. The molecule has 2 aromatic rings. The normalized spacial score (nSPS) is 10.4. The topological polar surface area (TPSA) is 51.5 Å². The van der Waals surface area contributed by atoms with Crippen LogP contribution in [0.3, 0.4) is 0 Å². The van der Waals surface area contributed by atoms with Crippen molar-refractivity contribution in [2.75, 3.05) is 12.4 Å². The Kier molecular flexibility index (Phi) is 3.97. The first kappa shape index (κ1) is 14.0. The fourth-order valence-electron chi connectivity index (χ4n) is 1.60. The van der Waals surface area contributed by atoms with E-state index in [1.807, 2.05) is 0 Å². The summed E-state index contributed by atoms with van der Waals surface area (Å²) in [6.45, 7) is 0.0610. The number of hydrogen-bond acceptors (Lipinski definition) is 4. The molecule has 0 aliphatic heterocycles. The Labute approximate surface area is 112 Å². The van der Waals surface area contributed by atoms with Gasteiger partial charge in [0.1, 0.15) is 0 Å². The molecule has 7 heteroatoms. The van der Waals surface area contributed by atoms with Gasteiger partial charge in [-0.05, 0) is 6.07 Å². The van der Waals surface area contributed by atoms with Crippen molar-refractivity contribution in [1.82, 2.24) is 0 Å². The highest BCUT2D eigenvalue weighted by Crippen LogP contribution is 2.19. The number of ether oxygens (including phenoxy) is 1. The summed E-state index contributed by atoms with van der Waals surface area (Å²) in [7, 11) is 1.20. The number of hydrogen-bond donors (Lipinski definition) is 1. The predicted molar refractivity (Wildman–Crippen MR) is 63.7 cm³/mol. The number of halogens is 3. The van der Waals surface area contributed by atoms with Gasteiger partial charge in [-0.2, -0.15) is 0 Å². The lowest BCUT2D eigenvalue weighted by atomic mass is 10.2. The summed E-state index contributed by atoms with van der Waals surface area (Å²) >= 11 is 0. The predicted octanol–water partition coefficient (Wildman–Crippen LogP) is 3.10. The molecule has 0 amide bonds. The molecule has 0 bridgehead atoms. The van der Waals surface area contributed by atoms with Crippen LogP contribution in [0.2, 0.25) is 0 Å². The number of carbonyl (C=O) groups excluding carboxylic acids is 1. The van der Waals surface area contributed by atoms with Gasteiger partial charge in [0.05, 0.1) is 13.4 Å². The Hall–Kier alpha value is -2.44. The number of carbonyl (C=O) groups is 1. The Morgan fingerprint density at radius 3 is 2.55 bits per heavy atom. The molecule has 0 fully saturated rings. The first-order chi connectivity index (χ1) is 9.52. The third-order valence-corrected chi connectivity index (χ3v) is 2.58. The van der Waals surface area contributed by atoms with E-state index in [1.54, 1.807) is 0 Å². The average molecular weight is 285 g/mol. The summed E-state index contributed by atoms with van der Waals surface area (Å²) < 4.78 is 48.3. The highest BCUT2D eigenvalue weighted by Gasteiger charge is 2.16. The maximum Gasteiger partial charge on any atom is 0.374 e. The van der Waals surface area contributed by atoms with Gasteiger partial charge in [-0.3, -0.25) is 0 Å². The Balaban J connectivity index is 2.13. The summed E-state index contributed by atoms with van der Waals surface area (Å²) in [5.41, 5.74) is 0.486. The van der Waals surface area contributed by atoms with Crippen molar-refractivity contribution in [2.24, 2.45) is 0 Å². The lowest BCUT2D eigenvalue weighted by Gasteiger charge is -2.07. The van der Waals surface area contributed by atoms with E-state index < -0.39 is 23.4 Å². The standard InChI is InChI=1S/C13H10F3NO3/c1-19-13(18)12-7(2-3-20-12)6-17-8-4-9(14)11(16)10(15)5-8/h2-5,17H,6H2,1H3. The highest BCUT2D eigenvalue weighted by atomic mass is 19.2. The minimum Gasteiger partial charge on any atom is -0.463 e. The van der Waals surface area contributed by atoms with E-state index in [2.05, 4.69) is 10.1 Å². The molecule has 0 radical (unpaired) electrons. The summed E-state index contributed by atoms with van der Waals surface area (Å²) in [5.74, 6) is -4.80. The van der Waals surface area contributed by atoms with Gasteiger partial charge in [-0.15, -0.1) is 0 Å². The SMILES string of the molecule is COC(=O)c1occc1CNc1cc(F)c(F)c(F)c1. The summed E-state index contributed by atoms with van der Waals surface area (Å²) in [6, 6.07) is 3.14. The maximum absolute atomic E-state index is 13.0. The van der Waals surface area contributed by atoms with Gasteiger partial charge in [0.15, 0.2) is 17.5 Å². The van der Waals surface area contributed by atoms with E-state index in [-0.39, 0.29) is 18.0 Å². The first-order valence-electron chi connectivity index (χ1n) is 5.56. The number of benzene rings is 1. The molecular formula is C13H10F3NO3. The van der Waals surface area contributed by atoms with Crippen LogP contribution in [-0.4, -0.2) is 13.1 Å². The molecular weight excluding hydrogens is 275 g/mol. The molecule has 1 N–H and O–H groups in total. The van der Waals surface area contributed by atoms with Crippen molar-refractivity contribution < 1.29 is 27.1 Å². The number of esters is 1. The van der Waals surface area contributed by atoms with Crippen LogP contribution in [-0.2, 0) is 11.3 Å². The van der Waals surface area contributed by atoms with E-state index in [0.717, 1.165) is 12.1 Å². The van der Waals surface area contributed by atoms with Crippen molar-refractivity contribution in [1.29, 1.82) is 0 Å². The quantitative estimate of drug-likeness (QED) is 0.692. The molecule has 20 heavy (non-hydrogen) atoms. The van der Waals surface area contributed by atoms with Crippen molar-refractivity contribution in [3.63, 3.8) is 0 Å². The monoisotopic (exact) mass is 285 g/mol. The third-order valence-electron chi connectivity index (χ3n) is 2.58. The van der Waals surface area contributed by atoms with Crippen molar-refractivity contribution in [3.05, 3.63) is 53.2 Å². The molecule has 0 atom stereocenters. The molecule has 2 rings (SSSR count). The molecule has 0 saturated carbocycles. The Morgan fingerprint density at radius 1 is 1.30 bits per heavy atom. The van der Waals surface area contributed by atoms with Crippen LogP contribution in [0.1, 0.15) is 16.1 Å². The van der Waals surface area contributed by atoms with E-state index in [1.165, 1.54) is 19.4 Å². The summed E-state index contributed by atoms with van der Waals surface area (Å²) in [6.07, 6.45) is 1.29. The number of rotatable bonds is 4. The largest absolute Gasteiger partial charge is 0.463 e. The van der Waals surface area contributed by atoms with Gasteiger partial charge in [-0.1, -0.05) is 0 Å². The summed E-state index contributed by atoms with van der Waals surface area (Å²) in [4.78, 5) is 11.3. The van der Waals surface area contributed by atoms with Crippen LogP contribution in [0.15, 0.2) is 28.9 Å². The van der Waals surface area contributed by atoms with Gasteiger partial charge >= 0.3 is 5.97 Å². The molecule has 0 saturated heterocycles. The zero-order valence-corrected chi connectivity index (χ0v) is 10.4. The smallest absolute Gasteiger partial charge is 0.374 e. The summed E-state index contributed by atoms with van der Waals surface area (Å²) in [5, 5.41) is 2.66. The zero-order chi connectivity index (χ0) is 14.7. The van der Waals surface area contributed by atoms with E-state index >= 15 is 0 Å².